The number of nitrogens with zero attached hydrogens (tertiary/aromatic N) is 1. The summed E-state index contributed by atoms with van der Waals surface area (Å²) in [5.74, 6) is 0.548. The minimum atomic E-state index is -0.407. The molecule has 2 aromatic carbocycles. The highest BCUT2D eigenvalue weighted by Gasteiger charge is 2.14. The monoisotopic (exact) mass is 361 g/mol. The Bertz CT molecular complexity index is 1150. The average Bonchev–Trinajstić information content (AvgIpc) is 3.17. The number of aromatic nitrogens is 2. The molecule has 4 rings (SSSR count). The van der Waals surface area contributed by atoms with Crippen molar-refractivity contribution in [2.45, 2.75) is 6.54 Å². The maximum atomic E-state index is 12.3. The summed E-state index contributed by atoms with van der Waals surface area (Å²) < 4.78 is 11.0. The van der Waals surface area contributed by atoms with Gasteiger partial charge in [-0.25, -0.2) is 5.10 Å². The number of rotatable bonds is 5. The molecule has 0 spiro atoms. The van der Waals surface area contributed by atoms with Crippen molar-refractivity contribution in [3.63, 3.8) is 0 Å². The Kier molecular flexibility index (Phi) is 4.40. The van der Waals surface area contributed by atoms with Crippen LogP contribution in [0.25, 0.3) is 10.8 Å². The molecule has 0 saturated heterocycles. The van der Waals surface area contributed by atoms with Gasteiger partial charge >= 0.3 is 0 Å². The molecular weight excluding hydrogens is 346 g/mol. The lowest BCUT2D eigenvalue weighted by Gasteiger charge is -2.06. The lowest BCUT2D eigenvalue weighted by molar-refractivity contribution is 0.0917. The zero-order chi connectivity index (χ0) is 18.6. The Labute approximate surface area is 153 Å². The highest BCUT2D eigenvalue weighted by Crippen LogP contribution is 2.23. The predicted molar refractivity (Wildman–Crippen MR) is 98.8 cm³/mol. The molecule has 4 aromatic rings. The van der Waals surface area contributed by atoms with Crippen molar-refractivity contribution in [1.29, 1.82) is 0 Å². The van der Waals surface area contributed by atoms with Gasteiger partial charge in [-0.15, -0.1) is 0 Å². The summed E-state index contributed by atoms with van der Waals surface area (Å²) in [5.41, 5.74) is 0.292. The number of fused-ring (bicyclic) bond motifs is 1. The summed E-state index contributed by atoms with van der Waals surface area (Å²) >= 11 is 0. The van der Waals surface area contributed by atoms with Gasteiger partial charge in [0, 0.05) is 11.5 Å². The molecule has 0 fully saturated rings. The van der Waals surface area contributed by atoms with E-state index in [9.17, 15) is 9.59 Å². The average molecular weight is 361 g/mol. The number of carbonyl (C=O) groups excluding carboxylic acids is 1. The SMILES string of the molecule is O=C(NCc1n[nH]c(=O)c2ccccc12)c1ccc(Oc2ccccc2)o1. The van der Waals surface area contributed by atoms with Crippen molar-refractivity contribution < 1.29 is 13.9 Å². The number of para-hydroxylation sites is 1. The number of furan rings is 1. The van der Waals surface area contributed by atoms with Gasteiger partial charge in [-0.1, -0.05) is 36.4 Å². The van der Waals surface area contributed by atoms with Crippen molar-refractivity contribution in [3.05, 3.63) is 88.5 Å². The van der Waals surface area contributed by atoms with Gasteiger partial charge in [0.25, 0.3) is 17.4 Å². The fourth-order valence-electron chi connectivity index (χ4n) is 2.66. The van der Waals surface area contributed by atoms with Gasteiger partial charge in [0.2, 0.25) is 0 Å². The van der Waals surface area contributed by atoms with E-state index in [1.165, 1.54) is 6.07 Å². The van der Waals surface area contributed by atoms with E-state index in [2.05, 4.69) is 15.5 Å². The molecule has 0 bridgehead atoms. The van der Waals surface area contributed by atoms with Crippen molar-refractivity contribution >= 4 is 16.7 Å². The van der Waals surface area contributed by atoms with E-state index in [0.29, 0.717) is 22.2 Å². The predicted octanol–water partition coefficient (Wildman–Crippen LogP) is 3.24. The fourth-order valence-corrected chi connectivity index (χ4v) is 2.66. The smallest absolute Gasteiger partial charge is 0.290 e. The van der Waals surface area contributed by atoms with Gasteiger partial charge in [0.05, 0.1) is 17.6 Å². The van der Waals surface area contributed by atoms with Gasteiger partial charge in [-0.05, 0) is 24.3 Å². The second-order valence-corrected chi connectivity index (χ2v) is 5.76. The molecule has 0 aliphatic heterocycles. The van der Waals surface area contributed by atoms with Gasteiger partial charge in [-0.2, -0.15) is 5.10 Å². The molecule has 2 heterocycles. The molecule has 134 valence electrons. The maximum absolute atomic E-state index is 12.3. The highest BCUT2D eigenvalue weighted by atomic mass is 16.6. The number of benzene rings is 2. The van der Waals surface area contributed by atoms with Crippen LogP contribution in [0.5, 0.6) is 11.7 Å². The van der Waals surface area contributed by atoms with Crippen LogP contribution in [0.15, 0.2) is 75.9 Å². The fraction of sp³-hybridized carbons (Fsp3) is 0.0500. The van der Waals surface area contributed by atoms with Crippen LogP contribution in [0, 0.1) is 0 Å². The molecule has 2 aromatic heterocycles. The topological polar surface area (TPSA) is 97.2 Å². The van der Waals surface area contributed by atoms with Gasteiger partial charge in [0.1, 0.15) is 5.75 Å². The van der Waals surface area contributed by atoms with Crippen LogP contribution in [0.4, 0.5) is 0 Å². The summed E-state index contributed by atoms with van der Waals surface area (Å²) in [6.45, 7) is 0.145. The van der Waals surface area contributed by atoms with E-state index in [1.54, 1.807) is 36.4 Å². The summed E-state index contributed by atoms with van der Waals surface area (Å²) in [5, 5.41) is 10.4. The third-order valence-corrected chi connectivity index (χ3v) is 3.96. The van der Waals surface area contributed by atoms with E-state index < -0.39 is 5.91 Å². The molecule has 27 heavy (non-hydrogen) atoms. The quantitative estimate of drug-likeness (QED) is 0.569. The normalized spacial score (nSPS) is 10.7. The molecule has 1 amide bonds. The Balaban J connectivity index is 1.46. The molecule has 0 radical (unpaired) electrons. The Morgan fingerprint density at radius 3 is 2.56 bits per heavy atom. The lowest BCUT2D eigenvalue weighted by Crippen LogP contribution is -2.24. The molecule has 0 aliphatic carbocycles. The second-order valence-electron chi connectivity index (χ2n) is 5.76. The third kappa shape index (κ3) is 3.57. The molecule has 0 aliphatic rings. The van der Waals surface area contributed by atoms with Crippen LogP contribution >= 0.6 is 0 Å². The minimum Gasteiger partial charge on any atom is -0.426 e. The first-order chi connectivity index (χ1) is 13.2. The van der Waals surface area contributed by atoms with Crippen molar-refractivity contribution in [3.8, 4) is 11.7 Å². The Hall–Kier alpha value is -3.87. The van der Waals surface area contributed by atoms with E-state index in [0.717, 1.165) is 0 Å². The standard InChI is InChI=1S/C20H15N3O4/c24-19-15-9-5-4-8-14(15)16(22-23-19)12-21-20(25)17-10-11-18(27-17)26-13-6-2-1-3-7-13/h1-11H,12H2,(H,21,25)(H,23,24). The number of aromatic amines is 1. The highest BCUT2D eigenvalue weighted by molar-refractivity contribution is 5.92. The van der Waals surface area contributed by atoms with Crippen LogP contribution in [0.1, 0.15) is 16.2 Å². The summed E-state index contributed by atoms with van der Waals surface area (Å²) in [6.07, 6.45) is 0. The first kappa shape index (κ1) is 16.6. The van der Waals surface area contributed by atoms with Crippen LogP contribution in [-0.4, -0.2) is 16.1 Å². The zero-order valence-corrected chi connectivity index (χ0v) is 14.1. The third-order valence-electron chi connectivity index (χ3n) is 3.96. The number of nitrogens with one attached hydrogen (secondary N) is 2. The molecule has 0 atom stereocenters. The molecule has 0 saturated carbocycles. The number of ether oxygens (including phenoxy) is 1. The second kappa shape index (κ2) is 7.17. The number of H-pyrrole nitrogens is 1. The summed E-state index contributed by atoms with van der Waals surface area (Å²) in [6, 6.07) is 19.3. The van der Waals surface area contributed by atoms with Crippen molar-refractivity contribution in [1.82, 2.24) is 15.5 Å². The maximum Gasteiger partial charge on any atom is 0.290 e. The summed E-state index contributed by atoms with van der Waals surface area (Å²) in [4.78, 5) is 24.1. The Morgan fingerprint density at radius 2 is 1.74 bits per heavy atom. The minimum absolute atomic E-state index is 0.120. The van der Waals surface area contributed by atoms with Crippen LogP contribution < -0.4 is 15.6 Å². The molecule has 7 heteroatoms. The van der Waals surface area contributed by atoms with E-state index >= 15 is 0 Å². The number of carbonyl (C=O) groups is 1. The van der Waals surface area contributed by atoms with Crippen molar-refractivity contribution in [2.75, 3.05) is 0 Å². The first-order valence-corrected chi connectivity index (χ1v) is 8.28. The van der Waals surface area contributed by atoms with E-state index in [1.807, 2.05) is 24.3 Å². The number of hydrogen-bond acceptors (Lipinski definition) is 5. The van der Waals surface area contributed by atoms with Crippen LogP contribution in [-0.2, 0) is 6.54 Å². The molecule has 0 unspecified atom stereocenters. The lowest BCUT2D eigenvalue weighted by atomic mass is 10.1. The largest absolute Gasteiger partial charge is 0.426 e. The van der Waals surface area contributed by atoms with E-state index in [-0.39, 0.29) is 23.8 Å². The van der Waals surface area contributed by atoms with Crippen molar-refractivity contribution in [2.24, 2.45) is 0 Å². The van der Waals surface area contributed by atoms with Gasteiger partial charge < -0.3 is 14.5 Å². The number of hydrogen-bond donors (Lipinski definition) is 2. The van der Waals surface area contributed by atoms with Crippen LogP contribution in [0.2, 0.25) is 0 Å². The van der Waals surface area contributed by atoms with E-state index in [4.69, 9.17) is 9.15 Å². The van der Waals surface area contributed by atoms with Gasteiger partial charge in [0.15, 0.2) is 5.76 Å². The summed E-state index contributed by atoms with van der Waals surface area (Å²) in [7, 11) is 0. The van der Waals surface area contributed by atoms with Crippen LogP contribution in [0.3, 0.4) is 0 Å². The Morgan fingerprint density at radius 1 is 1.00 bits per heavy atom. The molecule has 2 N–H and O–H groups in total. The first-order valence-electron chi connectivity index (χ1n) is 8.28. The molecular formula is C20H15N3O4. The number of amides is 1. The molecule has 7 nitrogen and oxygen atoms in total. The van der Waals surface area contributed by atoms with Gasteiger partial charge in [-0.3, -0.25) is 9.59 Å². The zero-order valence-electron chi connectivity index (χ0n) is 14.1.